The van der Waals surface area contributed by atoms with Gasteiger partial charge in [-0.05, 0) is 23.8 Å². The Hall–Kier alpha value is -1.74. The molecule has 0 aliphatic carbocycles. The number of aliphatic carboxylic acids is 1. The van der Waals surface area contributed by atoms with Crippen LogP contribution in [-0.2, 0) is 9.53 Å². The van der Waals surface area contributed by atoms with Crippen LogP contribution >= 0.6 is 11.6 Å². The molecule has 0 fully saturated rings. The SMILES string of the molecule is COC(=CC=Cc1ccc(Cl)cc1)C(=O)O. The van der Waals surface area contributed by atoms with Crippen molar-refractivity contribution < 1.29 is 14.6 Å². The van der Waals surface area contributed by atoms with Gasteiger partial charge in [0.05, 0.1) is 7.11 Å². The largest absolute Gasteiger partial charge is 0.490 e. The lowest BCUT2D eigenvalue weighted by Gasteiger charge is -1.97. The Morgan fingerprint density at radius 2 is 2.00 bits per heavy atom. The molecule has 0 aliphatic heterocycles. The van der Waals surface area contributed by atoms with Crippen molar-refractivity contribution in [3.8, 4) is 0 Å². The Bertz CT molecular complexity index is 418. The van der Waals surface area contributed by atoms with Gasteiger partial charge in [-0.1, -0.05) is 35.9 Å². The summed E-state index contributed by atoms with van der Waals surface area (Å²) in [5.74, 6) is -1.20. The fourth-order valence-electron chi connectivity index (χ4n) is 1.05. The maximum atomic E-state index is 10.6. The average molecular weight is 239 g/mol. The average Bonchev–Trinajstić information content (AvgIpc) is 2.26. The highest BCUT2D eigenvalue weighted by molar-refractivity contribution is 6.30. The standard InChI is InChI=1S/C12H11ClO3/c1-16-11(12(14)15)4-2-3-9-5-7-10(13)8-6-9/h2-8H,1H3,(H,14,15). The normalized spacial score (nSPS) is 11.8. The van der Waals surface area contributed by atoms with Crippen LogP contribution in [0.15, 0.2) is 42.2 Å². The lowest BCUT2D eigenvalue weighted by atomic mass is 10.2. The van der Waals surface area contributed by atoms with Crippen LogP contribution in [0, 0.1) is 0 Å². The summed E-state index contributed by atoms with van der Waals surface area (Å²) in [6.45, 7) is 0. The number of benzene rings is 1. The van der Waals surface area contributed by atoms with Gasteiger partial charge in [-0.2, -0.15) is 0 Å². The zero-order valence-corrected chi connectivity index (χ0v) is 9.44. The highest BCUT2D eigenvalue weighted by Crippen LogP contribution is 2.10. The predicted octanol–water partition coefficient (Wildman–Crippen LogP) is 2.97. The Balaban J connectivity index is 2.74. The van der Waals surface area contributed by atoms with E-state index in [4.69, 9.17) is 16.7 Å². The number of halogens is 1. The zero-order chi connectivity index (χ0) is 12.0. The van der Waals surface area contributed by atoms with E-state index in [2.05, 4.69) is 4.74 Å². The molecule has 3 nitrogen and oxygen atoms in total. The van der Waals surface area contributed by atoms with Crippen LogP contribution in [0.3, 0.4) is 0 Å². The summed E-state index contributed by atoms with van der Waals surface area (Å²) in [6, 6.07) is 7.19. The van der Waals surface area contributed by atoms with Gasteiger partial charge in [-0.3, -0.25) is 0 Å². The minimum atomic E-state index is -1.09. The first-order valence-corrected chi connectivity index (χ1v) is 4.92. The van der Waals surface area contributed by atoms with Crippen molar-refractivity contribution in [1.29, 1.82) is 0 Å². The third kappa shape index (κ3) is 3.79. The van der Waals surface area contributed by atoms with Crippen molar-refractivity contribution in [2.24, 2.45) is 0 Å². The maximum Gasteiger partial charge on any atom is 0.371 e. The van der Waals surface area contributed by atoms with Crippen LogP contribution < -0.4 is 0 Å². The molecule has 0 aliphatic rings. The minimum Gasteiger partial charge on any atom is -0.490 e. The van der Waals surface area contributed by atoms with Crippen molar-refractivity contribution in [3.63, 3.8) is 0 Å². The molecule has 0 amide bonds. The summed E-state index contributed by atoms with van der Waals surface area (Å²) >= 11 is 5.73. The number of allylic oxidation sites excluding steroid dienone is 2. The van der Waals surface area contributed by atoms with Gasteiger partial charge in [-0.15, -0.1) is 0 Å². The van der Waals surface area contributed by atoms with Crippen molar-refractivity contribution in [1.82, 2.24) is 0 Å². The van der Waals surface area contributed by atoms with Crippen molar-refractivity contribution >= 4 is 23.6 Å². The predicted molar refractivity (Wildman–Crippen MR) is 63.2 cm³/mol. The number of carbonyl (C=O) groups is 1. The minimum absolute atomic E-state index is 0.106. The maximum absolute atomic E-state index is 10.6. The smallest absolute Gasteiger partial charge is 0.371 e. The lowest BCUT2D eigenvalue weighted by Crippen LogP contribution is -2.01. The Labute approximate surface area is 98.6 Å². The van der Waals surface area contributed by atoms with Gasteiger partial charge in [-0.25, -0.2) is 4.79 Å². The summed E-state index contributed by atoms with van der Waals surface area (Å²) in [5.41, 5.74) is 0.932. The van der Waals surface area contributed by atoms with Crippen molar-refractivity contribution in [3.05, 3.63) is 52.8 Å². The summed E-state index contributed by atoms with van der Waals surface area (Å²) < 4.78 is 4.66. The molecule has 0 heterocycles. The monoisotopic (exact) mass is 238 g/mol. The molecule has 84 valence electrons. The van der Waals surface area contributed by atoms with E-state index >= 15 is 0 Å². The topological polar surface area (TPSA) is 46.5 Å². The van der Waals surface area contributed by atoms with Gasteiger partial charge in [0.1, 0.15) is 0 Å². The molecular weight excluding hydrogens is 228 g/mol. The number of hydrogen-bond donors (Lipinski definition) is 1. The molecular formula is C12H11ClO3. The van der Waals surface area contributed by atoms with Crippen LogP contribution in [0.5, 0.6) is 0 Å². The fraction of sp³-hybridized carbons (Fsp3) is 0.0833. The van der Waals surface area contributed by atoms with Crippen LogP contribution in [0.4, 0.5) is 0 Å². The second-order valence-electron chi connectivity index (χ2n) is 2.95. The van der Waals surface area contributed by atoms with Gasteiger partial charge in [0.25, 0.3) is 0 Å². The molecule has 1 N–H and O–H groups in total. The Morgan fingerprint density at radius 3 is 2.50 bits per heavy atom. The molecule has 1 aromatic carbocycles. The Kier molecular flexibility index (Phi) is 4.61. The van der Waals surface area contributed by atoms with Crippen LogP contribution in [0.1, 0.15) is 5.56 Å². The molecule has 0 unspecified atom stereocenters. The van der Waals surface area contributed by atoms with E-state index in [9.17, 15) is 4.79 Å². The lowest BCUT2D eigenvalue weighted by molar-refractivity contribution is -0.136. The zero-order valence-electron chi connectivity index (χ0n) is 8.68. The van der Waals surface area contributed by atoms with E-state index in [1.54, 1.807) is 24.3 Å². The summed E-state index contributed by atoms with van der Waals surface area (Å²) in [5, 5.41) is 9.32. The first kappa shape index (κ1) is 12.3. The number of rotatable bonds is 4. The molecule has 0 spiro atoms. The number of carboxylic acid groups (broad SMARTS) is 1. The molecule has 1 aromatic rings. The van der Waals surface area contributed by atoms with E-state index < -0.39 is 5.97 Å². The van der Waals surface area contributed by atoms with E-state index in [0.717, 1.165) is 5.56 Å². The molecule has 1 rings (SSSR count). The van der Waals surface area contributed by atoms with E-state index in [0.29, 0.717) is 5.02 Å². The molecule has 16 heavy (non-hydrogen) atoms. The third-order valence-electron chi connectivity index (χ3n) is 1.84. The molecule has 0 atom stereocenters. The van der Waals surface area contributed by atoms with Crippen LogP contribution in [0.2, 0.25) is 5.02 Å². The second kappa shape index (κ2) is 5.98. The first-order valence-electron chi connectivity index (χ1n) is 4.54. The molecule has 0 saturated carbocycles. The van der Waals surface area contributed by atoms with Gasteiger partial charge in [0.2, 0.25) is 5.76 Å². The summed E-state index contributed by atoms with van der Waals surface area (Å²) in [6.07, 6.45) is 4.76. The highest BCUT2D eigenvalue weighted by atomic mass is 35.5. The molecule has 0 aromatic heterocycles. The summed E-state index contributed by atoms with van der Waals surface area (Å²) in [4.78, 5) is 10.6. The van der Waals surface area contributed by atoms with E-state index in [1.165, 1.54) is 13.2 Å². The molecule has 0 radical (unpaired) electrons. The third-order valence-corrected chi connectivity index (χ3v) is 2.09. The van der Waals surface area contributed by atoms with Gasteiger partial charge < -0.3 is 9.84 Å². The van der Waals surface area contributed by atoms with Gasteiger partial charge >= 0.3 is 5.97 Å². The number of methoxy groups -OCH3 is 1. The first-order chi connectivity index (χ1) is 7.63. The quantitative estimate of drug-likeness (QED) is 0.498. The van der Waals surface area contributed by atoms with Gasteiger partial charge in [0, 0.05) is 5.02 Å². The van der Waals surface area contributed by atoms with Crippen LogP contribution in [-0.4, -0.2) is 18.2 Å². The second-order valence-corrected chi connectivity index (χ2v) is 3.39. The van der Waals surface area contributed by atoms with Crippen molar-refractivity contribution in [2.75, 3.05) is 7.11 Å². The molecule has 0 saturated heterocycles. The van der Waals surface area contributed by atoms with E-state index in [1.807, 2.05) is 12.1 Å². The number of ether oxygens (including phenoxy) is 1. The van der Waals surface area contributed by atoms with E-state index in [-0.39, 0.29) is 5.76 Å². The number of hydrogen-bond acceptors (Lipinski definition) is 2. The van der Waals surface area contributed by atoms with Gasteiger partial charge in [0.15, 0.2) is 0 Å². The highest BCUT2D eigenvalue weighted by Gasteiger charge is 2.03. The number of carboxylic acids is 1. The Morgan fingerprint density at radius 1 is 1.38 bits per heavy atom. The van der Waals surface area contributed by atoms with Crippen molar-refractivity contribution in [2.45, 2.75) is 0 Å². The fourth-order valence-corrected chi connectivity index (χ4v) is 1.17. The molecule has 0 bridgehead atoms. The van der Waals surface area contributed by atoms with Crippen LogP contribution in [0.25, 0.3) is 6.08 Å². The summed E-state index contributed by atoms with van der Waals surface area (Å²) in [7, 11) is 1.32. The molecule has 4 heteroatoms.